The molecule has 11 nitrogen and oxygen atoms in total. The zero-order valence-corrected chi connectivity index (χ0v) is 25.5. The van der Waals surface area contributed by atoms with E-state index in [9.17, 15) is 24.3 Å². The summed E-state index contributed by atoms with van der Waals surface area (Å²) in [5.74, 6) is -1.26. The van der Waals surface area contributed by atoms with E-state index in [1.54, 1.807) is 46.0 Å². The molecule has 1 N–H and O–H groups in total. The zero-order chi connectivity index (χ0) is 31.7. The van der Waals surface area contributed by atoms with E-state index in [1.807, 2.05) is 42.3 Å². The minimum Gasteiger partial charge on any atom is -0.465 e. The van der Waals surface area contributed by atoms with Crippen LogP contribution in [0.15, 0.2) is 78.0 Å². The van der Waals surface area contributed by atoms with Crippen molar-refractivity contribution in [2.45, 2.75) is 37.3 Å². The van der Waals surface area contributed by atoms with Crippen LogP contribution in [-0.4, -0.2) is 85.7 Å². The van der Waals surface area contributed by atoms with Gasteiger partial charge < -0.3 is 24.2 Å². The SMILES string of the molecule is COC(=O)c1cccc(C(=O)N2CC[C@@H](C(=O)N3CCC(O)(Cn4cnc5c(ccn5C)c4=O)CC3)[C@H](c3ccccc3)C2)c1. The molecule has 0 spiro atoms. The van der Waals surface area contributed by atoms with E-state index in [0.29, 0.717) is 67.6 Å². The highest BCUT2D eigenvalue weighted by molar-refractivity contribution is 5.98. The second kappa shape index (κ2) is 12.3. The number of hydrogen-bond acceptors (Lipinski definition) is 7. The van der Waals surface area contributed by atoms with Gasteiger partial charge in [-0.1, -0.05) is 36.4 Å². The third-order valence-corrected chi connectivity index (χ3v) is 9.30. The molecule has 0 saturated carbocycles. The predicted molar refractivity (Wildman–Crippen MR) is 167 cm³/mol. The molecule has 6 rings (SSSR count). The lowest BCUT2D eigenvalue weighted by Crippen LogP contribution is -2.53. The molecule has 4 heterocycles. The fraction of sp³-hybridized carbons (Fsp3) is 0.382. The first-order chi connectivity index (χ1) is 21.7. The summed E-state index contributed by atoms with van der Waals surface area (Å²) in [5.41, 5.74) is 0.937. The van der Waals surface area contributed by atoms with E-state index >= 15 is 0 Å². The Kier molecular flexibility index (Phi) is 8.28. The van der Waals surface area contributed by atoms with Crippen LogP contribution in [0.3, 0.4) is 0 Å². The number of benzene rings is 2. The number of likely N-dealkylation sites (tertiary alicyclic amines) is 2. The molecule has 0 bridgehead atoms. The normalized spacial score (nSPS) is 19.8. The smallest absolute Gasteiger partial charge is 0.337 e. The Labute approximate surface area is 260 Å². The molecule has 11 heteroatoms. The number of amides is 2. The van der Waals surface area contributed by atoms with Crippen LogP contribution in [0.1, 0.15) is 51.5 Å². The van der Waals surface area contributed by atoms with Crippen molar-refractivity contribution in [1.29, 1.82) is 0 Å². The van der Waals surface area contributed by atoms with E-state index < -0.39 is 11.6 Å². The molecule has 2 aromatic carbocycles. The average molecular weight is 612 g/mol. The van der Waals surface area contributed by atoms with Gasteiger partial charge in [-0.2, -0.15) is 0 Å². The van der Waals surface area contributed by atoms with Gasteiger partial charge in [0.05, 0.1) is 30.2 Å². The van der Waals surface area contributed by atoms with Gasteiger partial charge in [0.1, 0.15) is 12.0 Å². The number of ether oxygens (including phenoxy) is 1. The third kappa shape index (κ3) is 6.00. The average Bonchev–Trinajstić information content (AvgIpc) is 3.46. The monoisotopic (exact) mass is 611 g/mol. The zero-order valence-electron chi connectivity index (χ0n) is 25.5. The maximum atomic E-state index is 14.0. The Hall–Kier alpha value is -4.77. The Bertz CT molecular complexity index is 1790. The van der Waals surface area contributed by atoms with Gasteiger partial charge in [-0.05, 0) is 49.1 Å². The van der Waals surface area contributed by atoms with Crippen LogP contribution >= 0.6 is 0 Å². The van der Waals surface area contributed by atoms with Crippen LogP contribution in [0.5, 0.6) is 0 Å². The highest BCUT2D eigenvalue weighted by Crippen LogP contribution is 2.36. The molecule has 2 fully saturated rings. The van der Waals surface area contributed by atoms with Crippen molar-refractivity contribution >= 4 is 28.8 Å². The van der Waals surface area contributed by atoms with Crippen molar-refractivity contribution in [3.8, 4) is 0 Å². The van der Waals surface area contributed by atoms with E-state index in [4.69, 9.17) is 4.74 Å². The summed E-state index contributed by atoms with van der Waals surface area (Å²) in [7, 11) is 3.13. The minimum atomic E-state index is -1.14. The summed E-state index contributed by atoms with van der Waals surface area (Å²) in [6.07, 6.45) is 4.42. The maximum Gasteiger partial charge on any atom is 0.337 e. The lowest BCUT2D eigenvalue weighted by Gasteiger charge is -2.43. The van der Waals surface area contributed by atoms with Gasteiger partial charge in [0.25, 0.3) is 11.5 Å². The van der Waals surface area contributed by atoms with Crippen LogP contribution in [0, 0.1) is 5.92 Å². The van der Waals surface area contributed by atoms with Crippen molar-refractivity contribution in [3.05, 3.63) is 100 Å². The molecule has 2 aliphatic heterocycles. The molecule has 2 atom stereocenters. The first-order valence-corrected chi connectivity index (χ1v) is 15.2. The molecule has 234 valence electrons. The maximum absolute atomic E-state index is 14.0. The lowest BCUT2D eigenvalue weighted by molar-refractivity contribution is -0.142. The van der Waals surface area contributed by atoms with Crippen molar-refractivity contribution in [3.63, 3.8) is 0 Å². The lowest BCUT2D eigenvalue weighted by atomic mass is 9.79. The fourth-order valence-corrected chi connectivity index (χ4v) is 6.70. The molecular weight excluding hydrogens is 574 g/mol. The van der Waals surface area contributed by atoms with Crippen LogP contribution < -0.4 is 5.56 Å². The molecule has 2 saturated heterocycles. The number of fused-ring (bicyclic) bond motifs is 1. The Morgan fingerprint density at radius 2 is 1.71 bits per heavy atom. The van der Waals surface area contributed by atoms with Crippen LogP contribution in [0.2, 0.25) is 0 Å². The van der Waals surface area contributed by atoms with Gasteiger partial charge in [0.15, 0.2) is 0 Å². The quantitative estimate of drug-likeness (QED) is 0.332. The number of aromatic nitrogens is 3. The molecule has 0 radical (unpaired) electrons. The van der Waals surface area contributed by atoms with Gasteiger partial charge >= 0.3 is 5.97 Å². The molecule has 4 aromatic rings. The highest BCUT2D eigenvalue weighted by Gasteiger charge is 2.41. The Morgan fingerprint density at radius 3 is 2.44 bits per heavy atom. The van der Waals surface area contributed by atoms with Crippen molar-refractivity contribution < 1.29 is 24.2 Å². The van der Waals surface area contributed by atoms with Crippen molar-refractivity contribution in [2.24, 2.45) is 13.0 Å². The highest BCUT2D eigenvalue weighted by atomic mass is 16.5. The van der Waals surface area contributed by atoms with E-state index in [-0.39, 0.29) is 35.8 Å². The topological polar surface area (TPSA) is 127 Å². The van der Waals surface area contributed by atoms with E-state index in [1.165, 1.54) is 18.0 Å². The number of aliphatic hydroxyl groups is 1. The number of esters is 1. The number of nitrogens with zero attached hydrogens (tertiary/aromatic N) is 5. The van der Waals surface area contributed by atoms with Crippen LogP contribution in [-0.2, 0) is 23.1 Å². The molecular formula is C34H37N5O6. The number of rotatable bonds is 6. The predicted octanol–water partition coefficient (Wildman–Crippen LogP) is 2.82. The number of aryl methyl sites for hydroxylation is 1. The van der Waals surface area contributed by atoms with Crippen molar-refractivity contribution in [2.75, 3.05) is 33.3 Å². The standard InChI is InChI=1S/C34H37N5O6/c1-36-15-11-27-29(36)35-22-39(32(27)42)21-34(44)13-17-37(18-14-34)31(41)26-12-16-38(20-28(26)23-7-4-3-5-8-23)30(40)24-9-6-10-25(19-24)33(43)45-2/h3-11,15,19,22,26,28,44H,12-14,16-18,20-21H2,1-2H3/t26-,28+/m1/s1. The van der Waals surface area contributed by atoms with E-state index in [0.717, 1.165) is 5.56 Å². The third-order valence-electron chi connectivity index (χ3n) is 9.30. The second-order valence-corrected chi connectivity index (χ2v) is 12.1. The Balaban J connectivity index is 1.15. The fourth-order valence-electron chi connectivity index (χ4n) is 6.70. The molecule has 2 amide bonds. The van der Waals surface area contributed by atoms with E-state index in [2.05, 4.69) is 4.98 Å². The molecule has 2 aromatic heterocycles. The van der Waals surface area contributed by atoms with Crippen LogP contribution in [0.25, 0.3) is 11.0 Å². The molecule has 0 unspecified atom stereocenters. The summed E-state index contributed by atoms with van der Waals surface area (Å²) in [6.45, 7) is 1.60. The number of carbonyl (C=O) groups is 3. The second-order valence-electron chi connectivity index (χ2n) is 12.1. The van der Waals surface area contributed by atoms with Gasteiger partial charge in [-0.3, -0.25) is 19.0 Å². The van der Waals surface area contributed by atoms with Gasteiger partial charge in [0, 0.05) is 56.8 Å². The van der Waals surface area contributed by atoms with Gasteiger partial charge in [-0.15, -0.1) is 0 Å². The summed E-state index contributed by atoms with van der Waals surface area (Å²) in [5, 5.41) is 11.9. The first kappa shape index (κ1) is 30.3. The summed E-state index contributed by atoms with van der Waals surface area (Å²) < 4.78 is 8.05. The molecule has 45 heavy (non-hydrogen) atoms. The molecule has 2 aliphatic rings. The largest absolute Gasteiger partial charge is 0.465 e. The van der Waals surface area contributed by atoms with Gasteiger partial charge in [0.2, 0.25) is 5.91 Å². The number of methoxy groups -OCH3 is 1. The number of piperidine rings is 2. The Morgan fingerprint density at radius 1 is 0.978 bits per heavy atom. The number of hydrogen-bond donors (Lipinski definition) is 1. The summed E-state index contributed by atoms with van der Waals surface area (Å²) in [4.78, 5) is 60.6. The van der Waals surface area contributed by atoms with Gasteiger partial charge in [-0.25, -0.2) is 9.78 Å². The minimum absolute atomic E-state index is 0.00947. The summed E-state index contributed by atoms with van der Waals surface area (Å²) in [6, 6.07) is 18.0. The van der Waals surface area contributed by atoms with Crippen LogP contribution in [0.4, 0.5) is 0 Å². The number of carbonyl (C=O) groups excluding carboxylic acids is 3. The summed E-state index contributed by atoms with van der Waals surface area (Å²) >= 11 is 0. The van der Waals surface area contributed by atoms with Crippen molar-refractivity contribution in [1.82, 2.24) is 23.9 Å². The molecule has 0 aliphatic carbocycles. The first-order valence-electron chi connectivity index (χ1n) is 15.2.